The SMILES string of the molecule is O=C(NCCn1nc2c(cc1=O)CCCC2)c1cc2ccccc2[nH]1. The van der Waals surface area contributed by atoms with Crippen molar-refractivity contribution in [2.24, 2.45) is 0 Å². The van der Waals surface area contributed by atoms with E-state index in [-0.39, 0.29) is 11.5 Å². The second-order valence-electron chi connectivity index (χ2n) is 6.41. The molecule has 0 unspecified atom stereocenters. The Morgan fingerprint density at radius 1 is 1.20 bits per heavy atom. The third-order valence-corrected chi connectivity index (χ3v) is 4.66. The lowest BCUT2D eigenvalue weighted by atomic mass is 9.97. The van der Waals surface area contributed by atoms with Gasteiger partial charge in [0.1, 0.15) is 5.69 Å². The lowest BCUT2D eigenvalue weighted by molar-refractivity contribution is 0.0947. The maximum atomic E-state index is 12.3. The van der Waals surface area contributed by atoms with Gasteiger partial charge in [-0.05, 0) is 43.4 Å². The van der Waals surface area contributed by atoms with Gasteiger partial charge < -0.3 is 10.3 Å². The second-order valence-corrected chi connectivity index (χ2v) is 6.41. The molecule has 6 nitrogen and oxygen atoms in total. The van der Waals surface area contributed by atoms with Gasteiger partial charge in [-0.2, -0.15) is 5.10 Å². The third-order valence-electron chi connectivity index (χ3n) is 4.66. The number of para-hydroxylation sites is 1. The van der Waals surface area contributed by atoms with Gasteiger partial charge in [0.05, 0.1) is 12.2 Å². The molecule has 128 valence electrons. The number of nitrogens with one attached hydrogen (secondary N) is 2. The standard InChI is InChI=1S/C19H20N4O2/c24-18-12-14-6-2-4-8-16(14)22-23(18)10-9-20-19(25)17-11-13-5-1-3-7-15(13)21-17/h1,3,5,7,11-12,21H,2,4,6,8-10H2,(H,20,25). The highest BCUT2D eigenvalue weighted by molar-refractivity contribution is 5.97. The van der Waals surface area contributed by atoms with Crippen LogP contribution in [0.25, 0.3) is 10.9 Å². The Labute approximate surface area is 144 Å². The first-order chi connectivity index (χ1) is 12.2. The van der Waals surface area contributed by atoms with Crippen molar-refractivity contribution in [2.75, 3.05) is 6.54 Å². The maximum absolute atomic E-state index is 12.3. The number of amides is 1. The normalized spacial score (nSPS) is 13.6. The monoisotopic (exact) mass is 336 g/mol. The summed E-state index contributed by atoms with van der Waals surface area (Å²) in [6.45, 7) is 0.734. The Bertz CT molecular complexity index is 953. The lowest BCUT2D eigenvalue weighted by Crippen LogP contribution is -2.33. The van der Waals surface area contributed by atoms with Gasteiger partial charge in [-0.25, -0.2) is 4.68 Å². The fourth-order valence-corrected chi connectivity index (χ4v) is 3.33. The smallest absolute Gasteiger partial charge is 0.267 e. The Morgan fingerprint density at radius 3 is 2.92 bits per heavy atom. The predicted octanol–water partition coefficient (Wildman–Crippen LogP) is 2.03. The van der Waals surface area contributed by atoms with Crippen LogP contribution in [0.5, 0.6) is 0 Å². The summed E-state index contributed by atoms with van der Waals surface area (Å²) in [5.41, 5.74) is 3.45. The van der Waals surface area contributed by atoms with Crippen molar-refractivity contribution in [3.63, 3.8) is 0 Å². The van der Waals surface area contributed by atoms with Crippen molar-refractivity contribution < 1.29 is 4.79 Å². The molecule has 0 aliphatic heterocycles. The van der Waals surface area contributed by atoms with Crippen molar-refractivity contribution in [1.82, 2.24) is 20.1 Å². The number of rotatable bonds is 4. The molecule has 1 aliphatic carbocycles. The van der Waals surface area contributed by atoms with Crippen molar-refractivity contribution in [2.45, 2.75) is 32.2 Å². The van der Waals surface area contributed by atoms with E-state index in [1.165, 1.54) is 4.68 Å². The molecule has 0 spiro atoms. The van der Waals surface area contributed by atoms with Crippen LogP contribution >= 0.6 is 0 Å². The first-order valence-corrected chi connectivity index (χ1v) is 8.66. The van der Waals surface area contributed by atoms with Gasteiger partial charge in [-0.3, -0.25) is 9.59 Å². The zero-order chi connectivity index (χ0) is 17.2. The zero-order valence-electron chi connectivity index (χ0n) is 13.9. The quantitative estimate of drug-likeness (QED) is 0.765. The summed E-state index contributed by atoms with van der Waals surface area (Å²) >= 11 is 0. The highest BCUT2D eigenvalue weighted by Gasteiger charge is 2.13. The summed E-state index contributed by atoms with van der Waals surface area (Å²) in [6.07, 6.45) is 4.11. The van der Waals surface area contributed by atoms with Gasteiger partial charge in [0.15, 0.2) is 0 Å². The van der Waals surface area contributed by atoms with E-state index in [2.05, 4.69) is 15.4 Å². The number of benzene rings is 1. The van der Waals surface area contributed by atoms with E-state index >= 15 is 0 Å². The molecule has 2 N–H and O–H groups in total. The van der Waals surface area contributed by atoms with E-state index in [1.54, 1.807) is 6.07 Å². The topological polar surface area (TPSA) is 79.8 Å². The first-order valence-electron chi connectivity index (χ1n) is 8.66. The average Bonchev–Trinajstić information content (AvgIpc) is 3.06. The Hall–Kier alpha value is -2.89. The van der Waals surface area contributed by atoms with Gasteiger partial charge in [-0.15, -0.1) is 0 Å². The minimum Gasteiger partial charge on any atom is -0.351 e. The number of hydrogen-bond donors (Lipinski definition) is 2. The summed E-state index contributed by atoms with van der Waals surface area (Å²) in [5, 5.41) is 8.31. The second kappa shape index (κ2) is 6.55. The molecule has 1 amide bonds. The van der Waals surface area contributed by atoms with E-state index < -0.39 is 0 Å². The molecule has 25 heavy (non-hydrogen) atoms. The van der Waals surface area contributed by atoms with Crippen molar-refractivity contribution in [3.05, 3.63) is 63.7 Å². The van der Waals surface area contributed by atoms with Crippen LogP contribution in [-0.4, -0.2) is 27.2 Å². The number of hydrogen-bond acceptors (Lipinski definition) is 3. The zero-order valence-corrected chi connectivity index (χ0v) is 13.9. The van der Waals surface area contributed by atoms with E-state index in [0.717, 1.165) is 47.8 Å². The Balaban J connectivity index is 1.42. The first kappa shape index (κ1) is 15.6. The molecule has 4 rings (SSSR count). The number of aromatic amines is 1. The number of aryl methyl sites for hydroxylation is 2. The van der Waals surface area contributed by atoms with Gasteiger partial charge in [0, 0.05) is 23.5 Å². The van der Waals surface area contributed by atoms with Gasteiger partial charge in [0.25, 0.3) is 11.5 Å². The van der Waals surface area contributed by atoms with E-state index in [4.69, 9.17) is 0 Å². The number of fused-ring (bicyclic) bond motifs is 2. The van der Waals surface area contributed by atoms with E-state index in [0.29, 0.717) is 18.8 Å². The maximum Gasteiger partial charge on any atom is 0.267 e. The fraction of sp³-hybridized carbons (Fsp3) is 0.316. The number of aromatic nitrogens is 3. The molecule has 2 aromatic heterocycles. The number of carbonyl (C=O) groups excluding carboxylic acids is 1. The Morgan fingerprint density at radius 2 is 2.04 bits per heavy atom. The molecule has 6 heteroatoms. The molecule has 1 aromatic carbocycles. The molecule has 2 heterocycles. The van der Waals surface area contributed by atoms with Crippen LogP contribution in [0.15, 0.2) is 41.2 Å². The van der Waals surface area contributed by atoms with E-state index in [9.17, 15) is 9.59 Å². The van der Waals surface area contributed by atoms with Crippen LogP contribution in [0, 0.1) is 0 Å². The minimum atomic E-state index is -0.179. The molecule has 0 saturated carbocycles. The molecule has 3 aromatic rings. The summed E-state index contributed by atoms with van der Waals surface area (Å²) in [5.74, 6) is -0.179. The van der Waals surface area contributed by atoms with Crippen LogP contribution in [-0.2, 0) is 19.4 Å². The molecule has 0 radical (unpaired) electrons. The van der Waals surface area contributed by atoms with Crippen LogP contribution in [0.3, 0.4) is 0 Å². The lowest BCUT2D eigenvalue weighted by Gasteiger charge is -2.15. The van der Waals surface area contributed by atoms with Crippen LogP contribution in [0.2, 0.25) is 0 Å². The summed E-state index contributed by atoms with van der Waals surface area (Å²) in [6, 6.07) is 11.3. The number of H-pyrrole nitrogens is 1. The molecule has 1 aliphatic rings. The van der Waals surface area contributed by atoms with Crippen LogP contribution in [0.1, 0.15) is 34.6 Å². The Kier molecular flexibility index (Phi) is 4.09. The van der Waals surface area contributed by atoms with Crippen molar-refractivity contribution >= 4 is 16.8 Å². The molecule has 0 fully saturated rings. The van der Waals surface area contributed by atoms with Crippen LogP contribution in [0.4, 0.5) is 0 Å². The molecular formula is C19H20N4O2. The van der Waals surface area contributed by atoms with Crippen molar-refractivity contribution in [3.8, 4) is 0 Å². The highest BCUT2D eigenvalue weighted by Crippen LogP contribution is 2.17. The number of nitrogens with zero attached hydrogens (tertiary/aromatic N) is 2. The molecule has 0 atom stereocenters. The summed E-state index contributed by atoms with van der Waals surface area (Å²) in [4.78, 5) is 27.5. The largest absolute Gasteiger partial charge is 0.351 e. The minimum absolute atomic E-state index is 0.0967. The molecule has 0 bridgehead atoms. The molecule has 0 saturated heterocycles. The highest BCUT2D eigenvalue weighted by atomic mass is 16.2. The van der Waals surface area contributed by atoms with Gasteiger partial charge in [-0.1, -0.05) is 18.2 Å². The number of carbonyl (C=O) groups is 1. The van der Waals surface area contributed by atoms with E-state index in [1.807, 2.05) is 30.3 Å². The van der Waals surface area contributed by atoms with Crippen LogP contribution < -0.4 is 10.9 Å². The average molecular weight is 336 g/mol. The van der Waals surface area contributed by atoms with Crippen molar-refractivity contribution in [1.29, 1.82) is 0 Å². The van der Waals surface area contributed by atoms with Gasteiger partial charge >= 0.3 is 0 Å². The predicted molar refractivity (Wildman–Crippen MR) is 95.8 cm³/mol. The molecular weight excluding hydrogens is 316 g/mol. The fourth-order valence-electron chi connectivity index (χ4n) is 3.33. The summed E-state index contributed by atoms with van der Waals surface area (Å²) < 4.78 is 1.45. The van der Waals surface area contributed by atoms with Gasteiger partial charge in [0.2, 0.25) is 0 Å². The third kappa shape index (κ3) is 3.20. The summed E-state index contributed by atoms with van der Waals surface area (Å²) in [7, 11) is 0.